The molecular weight excluding hydrogens is 220 g/mol. The van der Waals surface area contributed by atoms with Crippen LogP contribution in [-0.4, -0.2) is 35.8 Å². The lowest BCUT2D eigenvalue weighted by Gasteiger charge is -2.10. The number of hydrogen-bond donors (Lipinski definition) is 0. The maximum Gasteiger partial charge on any atom is 0.341 e. The van der Waals surface area contributed by atoms with Crippen LogP contribution in [-0.2, 0) is 9.47 Å². The molecule has 0 saturated carbocycles. The van der Waals surface area contributed by atoms with E-state index < -0.39 is 0 Å². The Morgan fingerprint density at radius 1 is 1.47 bits per heavy atom. The Balaban J connectivity index is 2.52. The minimum absolute atomic E-state index is 0.0816. The topological polar surface area (TPSA) is 61.3 Å². The third-order valence-corrected chi connectivity index (χ3v) is 2.48. The molecule has 1 heterocycles. The number of methoxy groups -OCH3 is 1. The number of carbonyl (C=O) groups is 1. The fourth-order valence-electron chi connectivity index (χ4n) is 1.30. The first-order valence-electron chi connectivity index (χ1n) is 5.54. The van der Waals surface area contributed by atoms with E-state index in [-0.39, 0.29) is 12.1 Å². The Morgan fingerprint density at radius 3 is 2.76 bits per heavy atom. The van der Waals surface area contributed by atoms with Crippen LogP contribution in [0.2, 0.25) is 0 Å². The third-order valence-electron chi connectivity index (χ3n) is 2.48. The molecule has 5 heteroatoms. The van der Waals surface area contributed by atoms with Gasteiger partial charge >= 0.3 is 5.97 Å². The van der Waals surface area contributed by atoms with Gasteiger partial charge in [0.1, 0.15) is 5.82 Å². The van der Waals surface area contributed by atoms with Crippen molar-refractivity contribution in [1.29, 1.82) is 0 Å². The highest BCUT2D eigenvalue weighted by molar-refractivity contribution is 5.90. The molecule has 0 aliphatic rings. The van der Waals surface area contributed by atoms with Crippen LogP contribution in [0.15, 0.2) is 6.20 Å². The maximum atomic E-state index is 11.7. The van der Waals surface area contributed by atoms with Crippen LogP contribution in [0.4, 0.5) is 0 Å². The minimum Gasteiger partial charge on any atom is -0.462 e. The van der Waals surface area contributed by atoms with Gasteiger partial charge in [-0.2, -0.15) is 0 Å². The smallest absolute Gasteiger partial charge is 0.341 e. The first-order chi connectivity index (χ1) is 8.04. The molecule has 1 rings (SSSR count). The van der Waals surface area contributed by atoms with Crippen LogP contribution in [0.5, 0.6) is 0 Å². The molecule has 0 amide bonds. The van der Waals surface area contributed by atoms with E-state index in [0.29, 0.717) is 30.1 Å². The molecule has 0 bridgehead atoms. The maximum absolute atomic E-state index is 11.7. The Kier molecular flexibility index (Phi) is 5.03. The van der Waals surface area contributed by atoms with Gasteiger partial charge < -0.3 is 9.47 Å². The number of aryl methyl sites for hydroxylation is 2. The quantitative estimate of drug-likeness (QED) is 0.730. The molecule has 1 aromatic rings. The summed E-state index contributed by atoms with van der Waals surface area (Å²) in [6, 6.07) is 0. The average Bonchev–Trinajstić information content (AvgIpc) is 2.28. The highest BCUT2D eigenvalue weighted by Gasteiger charge is 2.12. The van der Waals surface area contributed by atoms with E-state index in [1.165, 1.54) is 6.20 Å². The predicted octanol–water partition coefficient (Wildman–Crippen LogP) is 1.68. The predicted molar refractivity (Wildman–Crippen MR) is 62.9 cm³/mol. The molecule has 0 spiro atoms. The summed E-state index contributed by atoms with van der Waals surface area (Å²) in [6.07, 6.45) is 2.26. The molecule has 1 unspecified atom stereocenters. The van der Waals surface area contributed by atoms with E-state index in [1.807, 2.05) is 6.92 Å². The van der Waals surface area contributed by atoms with E-state index in [1.54, 1.807) is 21.0 Å². The van der Waals surface area contributed by atoms with E-state index >= 15 is 0 Å². The number of aromatic nitrogens is 2. The standard InChI is InChI=1S/C12H18N2O3/c1-8(16-4)5-6-17-12(15)11-7-13-10(3)14-9(11)2/h7-8H,5-6H2,1-4H3. The number of esters is 1. The van der Waals surface area contributed by atoms with Gasteiger partial charge in [-0.25, -0.2) is 14.8 Å². The van der Waals surface area contributed by atoms with Gasteiger partial charge in [0.05, 0.1) is 24.0 Å². The summed E-state index contributed by atoms with van der Waals surface area (Å²) < 4.78 is 10.2. The molecule has 0 aliphatic heterocycles. The number of carbonyl (C=O) groups excluding carboxylic acids is 1. The molecule has 94 valence electrons. The molecule has 17 heavy (non-hydrogen) atoms. The fourth-order valence-corrected chi connectivity index (χ4v) is 1.30. The molecule has 0 aromatic carbocycles. The van der Waals surface area contributed by atoms with Crippen LogP contribution >= 0.6 is 0 Å². The van der Waals surface area contributed by atoms with E-state index in [4.69, 9.17) is 9.47 Å². The molecule has 5 nitrogen and oxygen atoms in total. The second-order valence-electron chi connectivity index (χ2n) is 3.89. The van der Waals surface area contributed by atoms with Crippen molar-refractivity contribution in [3.8, 4) is 0 Å². The Hall–Kier alpha value is -1.49. The van der Waals surface area contributed by atoms with Crippen molar-refractivity contribution in [1.82, 2.24) is 9.97 Å². The van der Waals surface area contributed by atoms with Crippen LogP contribution in [0.1, 0.15) is 35.2 Å². The largest absolute Gasteiger partial charge is 0.462 e. The minimum atomic E-state index is -0.384. The zero-order valence-electron chi connectivity index (χ0n) is 10.7. The molecule has 1 aromatic heterocycles. The van der Waals surface area contributed by atoms with Crippen molar-refractivity contribution in [2.75, 3.05) is 13.7 Å². The number of ether oxygens (including phenoxy) is 2. The van der Waals surface area contributed by atoms with Crippen LogP contribution in [0.3, 0.4) is 0 Å². The van der Waals surface area contributed by atoms with Crippen molar-refractivity contribution >= 4 is 5.97 Å². The summed E-state index contributed by atoms with van der Waals surface area (Å²) in [6.45, 7) is 5.81. The Morgan fingerprint density at radius 2 is 2.18 bits per heavy atom. The second kappa shape index (κ2) is 6.30. The molecule has 0 aliphatic carbocycles. The zero-order chi connectivity index (χ0) is 12.8. The summed E-state index contributed by atoms with van der Waals surface area (Å²) in [5.41, 5.74) is 1.06. The van der Waals surface area contributed by atoms with Gasteiger partial charge in [0.2, 0.25) is 0 Å². The van der Waals surface area contributed by atoms with Crippen LogP contribution < -0.4 is 0 Å². The highest BCUT2D eigenvalue weighted by Crippen LogP contribution is 2.06. The zero-order valence-corrected chi connectivity index (χ0v) is 10.7. The summed E-state index contributed by atoms with van der Waals surface area (Å²) >= 11 is 0. The SMILES string of the molecule is COC(C)CCOC(=O)c1cnc(C)nc1C. The van der Waals surface area contributed by atoms with Gasteiger partial charge in [0, 0.05) is 19.7 Å². The van der Waals surface area contributed by atoms with Gasteiger partial charge in [-0.1, -0.05) is 0 Å². The number of rotatable bonds is 5. The molecule has 0 radical (unpaired) electrons. The van der Waals surface area contributed by atoms with E-state index in [0.717, 1.165) is 0 Å². The molecular formula is C12H18N2O3. The molecule has 0 fully saturated rings. The number of nitrogens with zero attached hydrogens (tertiary/aromatic N) is 2. The van der Waals surface area contributed by atoms with Crippen LogP contribution in [0, 0.1) is 13.8 Å². The fraction of sp³-hybridized carbons (Fsp3) is 0.583. The van der Waals surface area contributed by atoms with Gasteiger partial charge in [-0.15, -0.1) is 0 Å². The van der Waals surface area contributed by atoms with Gasteiger partial charge in [-0.05, 0) is 20.8 Å². The molecule has 1 atom stereocenters. The van der Waals surface area contributed by atoms with Gasteiger partial charge in [0.25, 0.3) is 0 Å². The third kappa shape index (κ3) is 4.11. The molecule has 0 saturated heterocycles. The van der Waals surface area contributed by atoms with Gasteiger partial charge in [0.15, 0.2) is 0 Å². The van der Waals surface area contributed by atoms with Gasteiger partial charge in [-0.3, -0.25) is 0 Å². The van der Waals surface area contributed by atoms with Crippen LogP contribution in [0.25, 0.3) is 0 Å². The van der Waals surface area contributed by atoms with Crippen molar-refractivity contribution < 1.29 is 14.3 Å². The van der Waals surface area contributed by atoms with Crippen molar-refractivity contribution in [2.24, 2.45) is 0 Å². The van der Waals surface area contributed by atoms with E-state index in [9.17, 15) is 4.79 Å². The monoisotopic (exact) mass is 238 g/mol. The van der Waals surface area contributed by atoms with Crippen molar-refractivity contribution in [3.05, 3.63) is 23.3 Å². The Bertz CT molecular complexity index is 393. The van der Waals surface area contributed by atoms with E-state index in [2.05, 4.69) is 9.97 Å². The normalized spacial score (nSPS) is 12.2. The summed E-state index contributed by atoms with van der Waals surface area (Å²) in [5.74, 6) is 0.262. The summed E-state index contributed by atoms with van der Waals surface area (Å²) in [5, 5.41) is 0. The van der Waals surface area contributed by atoms with Crippen molar-refractivity contribution in [2.45, 2.75) is 33.3 Å². The average molecular weight is 238 g/mol. The summed E-state index contributed by atoms with van der Waals surface area (Å²) in [4.78, 5) is 19.8. The Labute approximate surface area is 101 Å². The summed E-state index contributed by atoms with van der Waals surface area (Å²) in [7, 11) is 1.63. The first-order valence-corrected chi connectivity index (χ1v) is 5.54. The highest BCUT2D eigenvalue weighted by atomic mass is 16.5. The molecule has 0 N–H and O–H groups in total. The lowest BCUT2D eigenvalue weighted by molar-refractivity contribution is 0.0389. The van der Waals surface area contributed by atoms with Crippen molar-refractivity contribution in [3.63, 3.8) is 0 Å². The lowest BCUT2D eigenvalue weighted by atomic mass is 10.2. The first kappa shape index (κ1) is 13.6. The second-order valence-corrected chi connectivity index (χ2v) is 3.89. The lowest BCUT2D eigenvalue weighted by Crippen LogP contribution is -2.14. The number of hydrogen-bond acceptors (Lipinski definition) is 5.